The van der Waals surface area contributed by atoms with Crippen molar-refractivity contribution in [2.45, 2.75) is 39.5 Å². The minimum atomic E-state index is -0.463. The first-order valence-electron chi connectivity index (χ1n) is 8.31. The molecule has 0 fully saturated rings. The van der Waals surface area contributed by atoms with Gasteiger partial charge in [0.2, 0.25) is 0 Å². The number of rotatable bonds is 11. The van der Waals surface area contributed by atoms with Gasteiger partial charge in [-0.05, 0) is 53.6 Å². The summed E-state index contributed by atoms with van der Waals surface area (Å²) in [6.07, 6.45) is 3.84. The van der Waals surface area contributed by atoms with Gasteiger partial charge in [0.25, 0.3) is 0 Å². The molecule has 24 heavy (non-hydrogen) atoms. The Kier molecular flexibility index (Phi) is 10.7. The first-order valence-corrected chi connectivity index (χ1v) is 9.39. The van der Waals surface area contributed by atoms with Crippen molar-refractivity contribution in [3.8, 4) is 0 Å². The zero-order chi connectivity index (χ0) is 17.8. The predicted octanol–water partition coefficient (Wildman–Crippen LogP) is 4.22. The first kappa shape index (κ1) is 20.9. The van der Waals surface area contributed by atoms with Crippen molar-refractivity contribution in [1.82, 2.24) is 0 Å². The quantitative estimate of drug-likeness (QED) is 0.288. The number of unbranched alkanes of at least 4 members (excludes halogenated alkanes) is 2. The predicted molar refractivity (Wildman–Crippen MR) is 100 cm³/mol. The van der Waals surface area contributed by atoms with Gasteiger partial charge in [0, 0.05) is 10.2 Å². The molecule has 6 heteroatoms. The van der Waals surface area contributed by atoms with Gasteiger partial charge in [-0.25, -0.2) is 9.59 Å². The van der Waals surface area contributed by atoms with Crippen molar-refractivity contribution in [2.24, 2.45) is 0 Å². The summed E-state index contributed by atoms with van der Waals surface area (Å²) >= 11 is 2.06. The van der Waals surface area contributed by atoms with E-state index in [9.17, 15) is 9.59 Å². The summed E-state index contributed by atoms with van der Waals surface area (Å²) in [6, 6.07) is 4.89. The molecule has 0 amide bonds. The molecule has 0 unspecified atom stereocenters. The molecule has 0 aromatic heterocycles. The van der Waals surface area contributed by atoms with Crippen LogP contribution in [-0.4, -0.2) is 38.4 Å². The molecule has 0 bridgehead atoms. The average molecular weight is 448 g/mol. The van der Waals surface area contributed by atoms with E-state index in [-0.39, 0.29) is 6.61 Å². The van der Waals surface area contributed by atoms with Crippen LogP contribution in [0.1, 0.15) is 60.2 Å². The highest BCUT2D eigenvalue weighted by atomic mass is 127. The molecule has 1 rings (SSSR count). The second-order valence-electron chi connectivity index (χ2n) is 5.32. The molecule has 0 radical (unpaired) electrons. The first-order chi connectivity index (χ1) is 11.6. The van der Waals surface area contributed by atoms with Crippen LogP contribution in [0.25, 0.3) is 0 Å². The molecular formula is C18H25IO5. The summed E-state index contributed by atoms with van der Waals surface area (Å²) in [5, 5.41) is 0. The van der Waals surface area contributed by atoms with Crippen molar-refractivity contribution in [2.75, 3.05) is 26.4 Å². The highest BCUT2D eigenvalue weighted by Gasteiger charge is 2.14. The Bertz CT molecular complexity index is 530. The van der Waals surface area contributed by atoms with Crippen LogP contribution in [-0.2, 0) is 14.2 Å². The van der Waals surface area contributed by atoms with Crippen molar-refractivity contribution in [3.05, 3.63) is 32.9 Å². The van der Waals surface area contributed by atoms with Crippen LogP contribution >= 0.6 is 22.6 Å². The maximum absolute atomic E-state index is 12.1. The number of carbonyl (C=O) groups excluding carboxylic acids is 2. The molecule has 134 valence electrons. The molecule has 0 atom stereocenters. The summed E-state index contributed by atoms with van der Waals surface area (Å²) in [5.41, 5.74) is 0.710. The van der Waals surface area contributed by atoms with Crippen molar-refractivity contribution in [1.29, 1.82) is 0 Å². The Morgan fingerprint density at radius 2 is 1.38 bits per heavy atom. The zero-order valence-corrected chi connectivity index (χ0v) is 16.5. The lowest BCUT2D eigenvalue weighted by atomic mass is 10.1. The second kappa shape index (κ2) is 12.2. The van der Waals surface area contributed by atoms with Gasteiger partial charge in [0.15, 0.2) is 0 Å². The molecule has 0 aliphatic heterocycles. The lowest BCUT2D eigenvalue weighted by Crippen LogP contribution is -2.13. The van der Waals surface area contributed by atoms with E-state index in [0.717, 1.165) is 29.3 Å². The van der Waals surface area contributed by atoms with Gasteiger partial charge >= 0.3 is 11.9 Å². The second-order valence-corrected chi connectivity index (χ2v) is 6.57. The molecule has 0 N–H and O–H groups in total. The average Bonchev–Trinajstić information content (AvgIpc) is 2.57. The molecule has 0 saturated carbocycles. The third-order valence-corrected chi connectivity index (χ3v) is 3.83. The van der Waals surface area contributed by atoms with E-state index in [1.54, 1.807) is 12.1 Å². The Morgan fingerprint density at radius 3 is 1.96 bits per heavy atom. The van der Waals surface area contributed by atoms with Crippen LogP contribution in [0.4, 0.5) is 0 Å². The van der Waals surface area contributed by atoms with Crippen molar-refractivity contribution in [3.63, 3.8) is 0 Å². The normalized spacial score (nSPS) is 10.5. The van der Waals surface area contributed by atoms with Crippen LogP contribution in [0.2, 0.25) is 0 Å². The Morgan fingerprint density at radius 1 is 0.833 bits per heavy atom. The van der Waals surface area contributed by atoms with E-state index in [1.165, 1.54) is 6.07 Å². The zero-order valence-electron chi connectivity index (χ0n) is 14.3. The Hall–Kier alpha value is -1.15. The Balaban J connectivity index is 2.54. The number of ether oxygens (including phenoxy) is 3. The summed E-state index contributed by atoms with van der Waals surface area (Å²) in [7, 11) is 0. The SMILES string of the molecule is CCCCOCCOC(=O)c1cc(I)cc(C(=O)OCCCC)c1. The fourth-order valence-electron chi connectivity index (χ4n) is 1.84. The summed E-state index contributed by atoms with van der Waals surface area (Å²) in [6.45, 7) is 5.75. The smallest absolute Gasteiger partial charge is 0.338 e. The number of hydrogen-bond acceptors (Lipinski definition) is 5. The largest absolute Gasteiger partial charge is 0.462 e. The van der Waals surface area contributed by atoms with E-state index in [1.807, 2.05) is 6.92 Å². The van der Waals surface area contributed by atoms with Crippen LogP contribution < -0.4 is 0 Å². The van der Waals surface area contributed by atoms with Crippen molar-refractivity contribution >= 4 is 34.5 Å². The number of hydrogen-bond donors (Lipinski definition) is 0. The standard InChI is InChI=1S/C18H25IO5/c1-3-5-7-22-9-10-24-18(21)15-11-14(12-16(19)13-15)17(20)23-8-6-4-2/h11-13H,3-10H2,1-2H3. The lowest BCUT2D eigenvalue weighted by molar-refractivity contribution is 0.0313. The fourth-order valence-corrected chi connectivity index (χ4v) is 2.51. The van der Waals surface area contributed by atoms with E-state index in [4.69, 9.17) is 14.2 Å². The monoisotopic (exact) mass is 448 g/mol. The number of halogens is 1. The molecule has 1 aromatic carbocycles. The summed E-state index contributed by atoms with van der Waals surface area (Å²) in [4.78, 5) is 24.1. The molecule has 0 saturated heterocycles. The number of carbonyl (C=O) groups is 2. The van der Waals surface area contributed by atoms with Crippen LogP contribution in [0.3, 0.4) is 0 Å². The highest BCUT2D eigenvalue weighted by Crippen LogP contribution is 2.15. The van der Waals surface area contributed by atoms with E-state index >= 15 is 0 Å². The van der Waals surface area contributed by atoms with Gasteiger partial charge in [-0.2, -0.15) is 0 Å². The molecule has 5 nitrogen and oxygen atoms in total. The Labute approximate surface area is 157 Å². The fraction of sp³-hybridized carbons (Fsp3) is 0.556. The molecular weight excluding hydrogens is 423 g/mol. The third kappa shape index (κ3) is 8.10. The van der Waals surface area contributed by atoms with E-state index in [2.05, 4.69) is 29.5 Å². The molecule has 0 spiro atoms. The van der Waals surface area contributed by atoms with Gasteiger partial charge < -0.3 is 14.2 Å². The van der Waals surface area contributed by atoms with Crippen LogP contribution in [0.15, 0.2) is 18.2 Å². The van der Waals surface area contributed by atoms with E-state index in [0.29, 0.717) is 30.9 Å². The highest BCUT2D eigenvalue weighted by molar-refractivity contribution is 14.1. The van der Waals surface area contributed by atoms with Gasteiger partial charge in [-0.1, -0.05) is 26.7 Å². The van der Waals surface area contributed by atoms with Crippen LogP contribution in [0.5, 0.6) is 0 Å². The van der Waals surface area contributed by atoms with Gasteiger partial charge in [-0.15, -0.1) is 0 Å². The number of esters is 2. The molecule has 0 aliphatic carbocycles. The maximum Gasteiger partial charge on any atom is 0.338 e. The maximum atomic E-state index is 12.1. The van der Waals surface area contributed by atoms with Crippen molar-refractivity contribution < 1.29 is 23.8 Å². The topological polar surface area (TPSA) is 61.8 Å². The molecule has 0 aliphatic rings. The molecule has 1 aromatic rings. The summed E-state index contributed by atoms with van der Waals surface area (Å²) < 4.78 is 16.5. The van der Waals surface area contributed by atoms with Gasteiger partial charge in [0.05, 0.1) is 24.3 Å². The minimum Gasteiger partial charge on any atom is -0.462 e. The van der Waals surface area contributed by atoms with Crippen LogP contribution in [0, 0.1) is 3.57 Å². The lowest BCUT2D eigenvalue weighted by Gasteiger charge is -2.08. The number of benzene rings is 1. The van der Waals surface area contributed by atoms with Gasteiger partial charge in [-0.3, -0.25) is 0 Å². The molecule has 0 heterocycles. The van der Waals surface area contributed by atoms with E-state index < -0.39 is 11.9 Å². The third-order valence-electron chi connectivity index (χ3n) is 3.20. The minimum absolute atomic E-state index is 0.199. The summed E-state index contributed by atoms with van der Waals surface area (Å²) in [5.74, 6) is -0.880. The van der Waals surface area contributed by atoms with Gasteiger partial charge in [0.1, 0.15) is 6.61 Å².